The highest BCUT2D eigenvalue weighted by Gasteiger charge is 2.35. The summed E-state index contributed by atoms with van der Waals surface area (Å²) in [6, 6.07) is 25.7. The van der Waals surface area contributed by atoms with Crippen LogP contribution in [-0.2, 0) is 32.6 Å². The summed E-state index contributed by atoms with van der Waals surface area (Å²) in [6.07, 6.45) is 3.93. The van der Waals surface area contributed by atoms with Gasteiger partial charge in [0.05, 0.1) is 32.8 Å². The summed E-state index contributed by atoms with van der Waals surface area (Å²) in [5.41, 5.74) is 1.61. The maximum atomic E-state index is 14.7. The Morgan fingerprint density at radius 2 is 1.50 bits per heavy atom. The minimum absolute atomic E-state index is 0.00546. The standard InChI is InChI=1S/C36H36Cl3N3O5S/c1-47-34-19-17-28(22-32(34)39)42(48(45,46)29-14-6-3-7-15-29)24-35(43)41(23-26-16-18-30(37)31(38)20-26)33(21-25-10-4-2-5-11-25)36(44)40-27-12-8-9-13-27/h2-7,10-11,14-20,22,27,33H,8-9,12-13,21,23-24H2,1H3,(H,40,44)/t33-/m0/s1. The number of sulfonamides is 1. The number of carbonyl (C=O) groups is 2. The van der Waals surface area contributed by atoms with Crippen LogP contribution in [0.2, 0.25) is 15.1 Å². The maximum absolute atomic E-state index is 14.7. The summed E-state index contributed by atoms with van der Waals surface area (Å²) in [5, 5.41) is 3.96. The van der Waals surface area contributed by atoms with Crippen LogP contribution in [0.25, 0.3) is 0 Å². The summed E-state index contributed by atoms with van der Waals surface area (Å²) in [7, 11) is -2.83. The molecule has 0 radical (unpaired) electrons. The van der Waals surface area contributed by atoms with Gasteiger partial charge in [-0.05, 0) is 66.4 Å². The number of ether oxygens (including phenoxy) is 1. The van der Waals surface area contributed by atoms with Crippen molar-refractivity contribution in [1.29, 1.82) is 0 Å². The van der Waals surface area contributed by atoms with Crippen molar-refractivity contribution in [3.05, 3.63) is 123 Å². The molecule has 0 saturated heterocycles. The lowest BCUT2D eigenvalue weighted by Crippen LogP contribution is -2.54. The van der Waals surface area contributed by atoms with Gasteiger partial charge in [0.1, 0.15) is 18.3 Å². The van der Waals surface area contributed by atoms with Crippen molar-refractivity contribution in [3.8, 4) is 5.75 Å². The number of methoxy groups -OCH3 is 1. The normalized spacial score (nSPS) is 13.9. The third-order valence-electron chi connectivity index (χ3n) is 8.34. The molecule has 0 heterocycles. The SMILES string of the molecule is COc1ccc(N(CC(=O)N(Cc2ccc(Cl)c(Cl)c2)[C@@H](Cc2ccccc2)C(=O)NC2CCCC2)S(=O)(=O)c2ccccc2)cc1Cl. The molecule has 2 amide bonds. The molecule has 1 N–H and O–H groups in total. The summed E-state index contributed by atoms with van der Waals surface area (Å²) in [4.78, 5) is 30.2. The lowest BCUT2D eigenvalue weighted by atomic mass is 10.0. The molecular formula is C36H36Cl3N3O5S. The van der Waals surface area contributed by atoms with Crippen LogP contribution in [0.5, 0.6) is 5.75 Å². The number of anilines is 1. The number of nitrogens with one attached hydrogen (secondary N) is 1. The van der Waals surface area contributed by atoms with Gasteiger partial charge < -0.3 is 15.0 Å². The predicted octanol–water partition coefficient (Wildman–Crippen LogP) is 7.55. The van der Waals surface area contributed by atoms with Gasteiger partial charge in [-0.15, -0.1) is 0 Å². The number of hydrogen-bond donors (Lipinski definition) is 1. The quantitative estimate of drug-likeness (QED) is 0.154. The fourth-order valence-electron chi connectivity index (χ4n) is 5.82. The molecule has 252 valence electrons. The van der Waals surface area contributed by atoms with E-state index >= 15 is 0 Å². The third kappa shape index (κ3) is 8.63. The van der Waals surface area contributed by atoms with Crippen molar-refractivity contribution in [1.82, 2.24) is 10.2 Å². The molecule has 0 bridgehead atoms. The number of halogens is 3. The van der Waals surface area contributed by atoms with Crippen LogP contribution < -0.4 is 14.4 Å². The van der Waals surface area contributed by atoms with Crippen molar-refractivity contribution < 1.29 is 22.7 Å². The van der Waals surface area contributed by atoms with Crippen molar-refractivity contribution in [3.63, 3.8) is 0 Å². The molecule has 1 saturated carbocycles. The number of nitrogens with zero attached hydrogens (tertiary/aromatic N) is 2. The molecule has 1 fully saturated rings. The molecule has 4 aromatic rings. The Balaban J connectivity index is 1.59. The molecule has 12 heteroatoms. The zero-order valence-electron chi connectivity index (χ0n) is 26.3. The lowest BCUT2D eigenvalue weighted by molar-refractivity contribution is -0.140. The van der Waals surface area contributed by atoms with Gasteiger partial charge in [-0.1, -0.05) is 102 Å². The maximum Gasteiger partial charge on any atom is 0.264 e. The van der Waals surface area contributed by atoms with Crippen LogP contribution in [0.3, 0.4) is 0 Å². The Hall–Kier alpha value is -3.76. The third-order valence-corrected chi connectivity index (χ3v) is 11.2. The summed E-state index contributed by atoms with van der Waals surface area (Å²) in [5.74, 6) is -0.573. The minimum Gasteiger partial charge on any atom is -0.495 e. The van der Waals surface area contributed by atoms with E-state index in [0.717, 1.165) is 35.6 Å². The monoisotopic (exact) mass is 727 g/mol. The highest BCUT2D eigenvalue weighted by Crippen LogP contribution is 2.33. The predicted molar refractivity (Wildman–Crippen MR) is 190 cm³/mol. The molecule has 5 rings (SSSR count). The Kier molecular flexibility index (Phi) is 11.9. The van der Waals surface area contributed by atoms with E-state index in [1.54, 1.807) is 36.4 Å². The van der Waals surface area contributed by atoms with Crippen LogP contribution >= 0.6 is 34.8 Å². The highest BCUT2D eigenvalue weighted by molar-refractivity contribution is 7.92. The second kappa shape index (κ2) is 16.1. The first-order chi connectivity index (χ1) is 23.1. The van der Waals surface area contributed by atoms with Crippen LogP contribution in [0.1, 0.15) is 36.8 Å². The second-order valence-corrected chi connectivity index (χ2v) is 14.7. The van der Waals surface area contributed by atoms with Gasteiger partial charge in [0.15, 0.2) is 0 Å². The second-order valence-electron chi connectivity index (χ2n) is 11.6. The molecule has 0 aliphatic heterocycles. The summed E-state index contributed by atoms with van der Waals surface area (Å²) < 4.78 is 34.7. The topological polar surface area (TPSA) is 96.0 Å². The van der Waals surface area contributed by atoms with E-state index < -0.39 is 28.5 Å². The smallest absolute Gasteiger partial charge is 0.264 e. The molecular weight excluding hydrogens is 693 g/mol. The van der Waals surface area contributed by atoms with E-state index in [1.165, 1.54) is 42.3 Å². The van der Waals surface area contributed by atoms with Gasteiger partial charge in [-0.2, -0.15) is 0 Å². The molecule has 0 aromatic heterocycles. The van der Waals surface area contributed by atoms with E-state index in [1.807, 2.05) is 30.3 Å². The number of hydrogen-bond acceptors (Lipinski definition) is 5. The number of amides is 2. The van der Waals surface area contributed by atoms with Crippen LogP contribution in [0, 0.1) is 0 Å². The number of carbonyl (C=O) groups excluding carboxylic acids is 2. The van der Waals surface area contributed by atoms with E-state index in [2.05, 4.69) is 5.32 Å². The van der Waals surface area contributed by atoms with Crippen molar-refractivity contribution >= 4 is 62.3 Å². The fourth-order valence-corrected chi connectivity index (χ4v) is 7.81. The zero-order chi connectivity index (χ0) is 34.3. The van der Waals surface area contributed by atoms with Gasteiger partial charge in [0, 0.05) is 19.0 Å². The van der Waals surface area contributed by atoms with Gasteiger partial charge in [0.25, 0.3) is 10.0 Å². The van der Waals surface area contributed by atoms with Gasteiger partial charge in [0.2, 0.25) is 11.8 Å². The van der Waals surface area contributed by atoms with Crippen molar-refractivity contribution in [2.24, 2.45) is 0 Å². The first-order valence-corrected chi connectivity index (χ1v) is 18.1. The molecule has 1 aliphatic carbocycles. The molecule has 48 heavy (non-hydrogen) atoms. The average molecular weight is 729 g/mol. The zero-order valence-corrected chi connectivity index (χ0v) is 29.4. The number of rotatable bonds is 13. The average Bonchev–Trinajstić information content (AvgIpc) is 3.60. The van der Waals surface area contributed by atoms with E-state index in [0.29, 0.717) is 16.3 Å². The van der Waals surface area contributed by atoms with Crippen LogP contribution in [0.4, 0.5) is 5.69 Å². The molecule has 0 unspecified atom stereocenters. The van der Waals surface area contributed by atoms with Crippen molar-refractivity contribution in [2.45, 2.75) is 55.6 Å². The van der Waals surface area contributed by atoms with Gasteiger partial charge >= 0.3 is 0 Å². The first-order valence-electron chi connectivity index (χ1n) is 15.6. The molecule has 4 aromatic carbocycles. The minimum atomic E-state index is -4.28. The summed E-state index contributed by atoms with van der Waals surface area (Å²) in [6.45, 7) is -0.656. The van der Waals surface area contributed by atoms with Gasteiger partial charge in [-0.3, -0.25) is 13.9 Å². The molecule has 0 spiro atoms. The van der Waals surface area contributed by atoms with Crippen LogP contribution in [-0.4, -0.2) is 50.9 Å². The number of benzene rings is 4. The molecule has 1 atom stereocenters. The Labute approximate surface area is 296 Å². The summed E-state index contributed by atoms with van der Waals surface area (Å²) >= 11 is 19.0. The molecule has 1 aliphatic rings. The Bertz CT molecular complexity index is 1840. The Morgan fingerprint density at radius 1 is 0.833 bits per heavy atom. The van der Waals surface area contributed by atoms with Crippen LogP contribution in [0.15, 0.2) is 102 Å². The Morgan fingerprint density at radius 3 is 2.12 bits per heavy atom. The van der Waals surface area contributed by atoms with E-state index in [9.17, 15) is 18.0 Å². The highest BCUT2D eigenvalue weighted by atomic mass is 35.5. The fraction of sp³-hybridized carbons (Fsp3) is 0.278. The van der Waals surface area contributed by atoms with E-state index in [-0.39, 0.29) is 45.5 Å². The van der Waals surface area contributed by atoms with Gasteiger partial charge in [-0.25, -0.2) is 8.42 Å². The molecule has 8 nitrogen and oxygen atoms in total. The largest absolute Gasteiger partial charge is 0.495 e. The lowest BCUT2D eigenvalue weighted by Gasteiger charge is -2.34. The first kappa shape index (κ1) is 35.5. The van der Waals surface area contributed by atoms with E-state index in [4.69, 9.17) is 39.5 Å². The van der Waals surface area contributed by atoms with Crippen molar-refractivity contribution in [2.75, 3.05) is 18.0 Å².